The van der Waals surface area contributed by atoms with E-state index in [4.69, 9.17) is 0 Å². The Kier molecular flexibility index (Phi) is 3.63. The number of anilines is 1. The van der Waals surface area contributed by atoms with Gasteiger partial charge in [-0.05, 0) is 55.7 Å². The maximum absolute atomic E-state index is 4.67. The molecule has 1 aliphatic carbocycles. The highest BCUT2D eigenvalue weighted by Gasteiger charge is 2.14. The minimum atomic E-state index is 0.997. The Labute approximate surface area is 110 Å². The number of aliphatic imine (C=N–C) groups is 1. The number of hydrogen-bond donors (Lipinski definition) is 1. The summed E-state index contributed by atoms with van der Waals surface area (Å²) in [5, 5.41) is 3.60. The summed E-state index contributed by atoms with van der Waals surface area (Å²) >= 11 is 0. The number of hydrogen-bond acceptors (Lipinski definition) is 2. The Bertz CT molecular complexity index is 448. The zero-order chi connectivity index (χ0) is 12.2. The highest BCUT2D eigenvalue weighted by molar-refractivity contribution is 5.96. The van der Waals surface area contributed by atoms with E-state index >= 15 is 0 Å². The average molecular weight is 242 g/mol. The SMILES string of the molecule is c1cc2c(c(NC3=NCCCCC3)c1)CCCC2. The van der Waals surface area contributed by atoms with Gasteiger partial charge in [-0.25, -0.2) is 0 Å². The molecule has 0 fully saturated rings. The minimum Gasteiger partial charge on any atom is -0.344 e. The van der Waals surface area contributed by atoms with Crippen molar-refractivity contribution >= 4 is 11.5 Å². The van der Waals surface area contributed by atoms with Crippen LogP contribution in [0.4, 0.5) is 5.69 Å². The van der Waals surface area contributed by atoms with Gasteiger partial charge in [0.1, 0.15) is 5.84 Å². The van der Waals surface area contributed by atoms with E-state index in [0.29, 0.717) is 0 Å². The fraction of sp³-hybridized carbons (Fsp3) is 0.562. The number of amidine groups is 1. The zero-order valence-corrected chi connectivity index (χ0v) is 11.0. The molecule has 1 aliphatic heterocycles. The fourth-order valence-corrected chi connectivity index (χ4v) is 3.03. The highest BCUT2D eigenvalue weighted by atomic mass is 15.0. The van der Waals surface area contributed by atoms with E-state index in [2.05, 4.69) is 28.5 Å². The zero-order valence-electron chi connectivity index (χ0n) is 11.0. The first kappa shape index (κ1) is 11.8. The Morgan fingerprint density at radius 1 is 0.889 bits per heavy atom. The van der Waals surface area contributed by atoms with Crippen LogP contribution in [0, 0.1) is 0 Å². The summed E-state index contributed by atoms with van der Waals surface area (Å²) in [7, 11) is 0. The van der Waals surface area contributed by atoms with Crippen molar-refractivity contribution in [3.05, 3.63) is 29.3 Å². The Morgan fingerprint density at radius 2 is 1.78 bits per heavy atom. The van der Waals surface area contributed by atoms with Crippen molar-refractivity contribution < 1.29 is 0 Å². The molecular formula is C16H22N2. The second kappa shape index (κ2) is 5.55. The topological polar surface area (TPSA) is 24.4 Å². The van der Waals surface area contributed by atoms with Crippen LogP contribution in [0.1, 0.15) is 49.7 Å². The van der Waals surface area contributed by atoms with Crippen molar-refractivity contribution in [3.8, 4) is 0 Å². The number of nitrogens with zero attached hydrogens (tertiary/aromatic N) is 1. The third-order valence-corrected chi connectivity index (χ3v) is 4.05. The van der Waals surface area contributed by atoms with Gasteiger partial charge in [-0.15, -0.1) is 0 Å². The fourth-order valence-electron chi connectivity index (χ4n) is 3.03. The maximum atomic E-state index is 4.67. The number of nitrogens with one attached hydrogen (secondary N) is 1. The second-order valence-electron chi connectivity index (χ2n) is 5.41. The molecule has 2 aliphatic rings. The molecule has 0 aromatic heterocycles. The number of benzene rings is 1. The molecule has 2 heteroatoms. The molecule has 0 amide bonds. The van der Waals surface area contributed by atoms with E-state index in [9.17, 15) is 0 Å². The molecule has 0 saturated carbocycles. The van der Waals surface area contributed by atoms with Gasteiger partial charge in [0.2, 0.25) is 0 Å². The normalized spacial score (nSPS) is 19.7. The van der Waals surface area contributed by atoms with Crippen molar-refractivity contribution in [2.45, 2.75) is 51.4 Å². The van der Waals surface area contributed by atoms with Crippen LogP contribution in [-0.4, -0.2) is 12.4 Å². The van der Waals surface area contributed by atoms with Gasteiger partial charge in [-0.2, -0.15) is 0 Å². The summed E-state index contributed by atoms with van der Waals surface area (Å²) in [4.78, 5) is 4.67. The van der Waals surface area contributed by atoms with E-state index < -0.39 is 0 Å². The van der Waals surface area contributed by atoms with E-state index in [1.807, 2.05) is 0 Å². The number of fused-ring (bicyclic) bond motifs is 1. The third kappa shape index (κ3) is 2.58. The van der Waals surface area contributed by atoms with Gasteiger partial charge >= 0.3 is 0 Å². The highest BCUT2D eigenvalue weighted by Crippen LogP contribution is 2.28. The van der Waals surface area contributed by atoms with Crippen LogP contribution in [0.15, 0.2) is 23.2 Å². The molecule has 0 unspecified atom stereocenters. The van der Waals surface area contributed by atoms with Gasteiger partial charge in [0.15, 0.2) is 0 Å². The number of aryl methyl sites for hydroxylation is 1. The van der Waals surface area contributed by atoms with Crippen molar-refractivity contribution in [3.63, 3.8) is 0 Å². The summed E-state index contributed by atoms with van der Waals surface area (Å²) < 4.78 is 0. The van der Waals surface area contributed by atoms with Gasteiger partial charge in [-0.3, -0.25) is 4.99 Å². The first-order valence-corrected chi connectivity index (χ1v) is 7.34. The summed E-state index contributed by atoms with van der Waals surface area (Å²) in [5.41, 5.74) is 4.39. The molecule has 2 nitrogen and oxygen atoms in total. The van der Waals surface area contributed by atoms with Crippen molar-refractivity contribution in [2.24, 2.45) is 4.99 Å². The van der Waals surface area contributed by atoms with E-state index in [1.165, 1.54) is 62.0 Å². The molecule has 0 bridgehead atoms. The average Bonchev–Trinajstić information content (AvgIpc) is 2.68. The van der Waals surface area contributed by atoms with Crippen LogP contribution in [0.25, 0.3) is 0 Å². The summed E-state index contributed by atoms with van der Waals surface area (Å²) in [6.45, 7) is 0.997. The monoisotopic (exact) mass is 242 g/mol. The minimum absolute atomic E-state index is 0.997. The quantitative estimate of drug-likeness (QED) is 0.792. The molecule has 0 spiro atoms. The molecule has 3 rings (SSSR count). The van der Waals surface area contributed by atoms with Gasteiger partial charge in [-0.1, -0.05) is 18.6 Å². The van der Waals surface area contributed by atoms with E-state index in [1.54, 1.807) is 5.56 Å². The van der Waals surface area contributed by atoms with Crippen LogP contribution in [0.2, 0.25) is 0 Å². The van der Waals surface area contributed by atoms with Crippen LogP contribution >= 0.6 is 0 Å². The van der Waals surface area contributed by atoms with Crippen molar-refractivity contribution in [1.29, 1.82) is 0 Å². The third-order valence-electron chi connectivity index (χ3n) is 4.05. The Balaban J connectivity index is 1.81. The van der Waals surface area contributed by atoms with Crippen LogP contribution in [0.3, 0.4) is 0 Å². The predicted octanol–water partition coefficient (Wildman–Crippen LogP) is 3.95. The number of rotatable bonds is 1. The Hall–Kier alpha value is -1.31. The molecule has 18 heavy (non-hydrogen) atoms. The van der Waals surface area contributed by atoms with E-state index in [-0.39, 0.29) is 0 Å². The van der Waals surface area contributed by atoms with E-state index in [0.717, 1.165) is 13.0 Å². The van der Waals surface area contributed by atoms with Crippen LogP contribution in [-0.2, 0) is 12.8 Å². The lowest BCUT2D eigenvalue weighted by atomic mass is 9.90. The van der Waals surface area contributed by atoms with Crippen molar-refractivity contribution in [2.75, 3.05) is 11.9 Å². The summed E-state index contributed by atoms with van der Waals surface area (Å²) in [5.74, 6) is 1.20. The molecular weight excluding hydrogens is 220 g/mol. The summed E-state index contributed by atoms with van der Waals surface area (Å²) in [6.07, 6.45) is 10.1. The molecule has 1 heterocycles. The predicted molar refractivity (Wildman–Crippen MR) is 77.5 cm³/mol. The first-order valence-electron chi connectivity index (χ1n) is 7.34. The summed E-state index contributed by atoms with van der Waals surface area (Å²) in [6, 6.07) is 6.69. The van der Waals surface area contributed by atoms with Crippen LogP contribution < -0.4 is 5.32 Å². The molecule has 0 saturated heterocycles. The molecule has 0 radical (unpaired) electrons. The van der Waals surface area contributed by atoms with Gasteiger partial charge in [0.05, 0.1) is 0 Å². The largest absolute Gasteiger partial charge is 0.344 e. The Morgan fingerprint density at radius 3 is 2.78 bits per heavy atom. The standard InChI is InChI=1S/C16H22N2/c1-2-11-16(17-12-5-1)18-15-10-6-8-13-7-3-4-9-14(13)15/h6,8,10H,1-5,7,9,11-12H2,(H,17,18). The lowest BCUT2D eigenvalue weighted by Gasteiger charge is -2.20. The van der Waals surface area contributed by atoms with Gasteiger partial charge in [0.25, 0.3) is 0 Å². The van der Waals surface area contributed by atoms with Gasteiger partial charge < -0.3 is 5.32 Å². The lowest BCUT2D eigenvalue weighted by molar-refractivity contribution is 0.687. The molecule has 1 N–H and O–H groups in total. The molecule has 0 atom stereocenters. The molecule has 1 aromatic rings. The second-order valence-corrected chi connectivity index (χ2v) is 5.41. The smallest absolute Gasteiger partial charge is 0.101 e. The molecule has 96 valence electrons. The van der Waals surface area contributed by atoms with Gasteiger partial charge in [0, 0.05) is 18.7 Å². The first-order chi connectivity index (χ1) is 8.93. The van der Waals surface area contributed by atoms with Crippen LogP contribution in [0.5, 0.6) is 0 Å². The molecule has 1 aromatic carbocycles. The lowest BCUT2D eigenvalue weighted by Crippen LogP contribution is -2.15. The maximum Gasteiger partial charge on any atom is 0.101 e. The van der Waals surface area contributed by atoms with Crippen molar-refractivity contribution in [1.82, 2.24) is 0 Å².